The number of hydrogen-bond donors (Lipinski definition) is 2. The molecule has 4 heteroatoms. The van der Waals surface area contributed by atoms with Gasteiger partial charge in [-0.05, 0) is 60.7 Å². The summed E-state index contributed by atoms with van der Waals surface area (Å²) in [6.45, 7) is 4.78. The summed E-state index contributed by atoms with van der Waals surface area (Å²) in [6.07, 6.45) is 1.80. The molecular weight excluding hydrogens is 348 g/mol. The van der Waals surface area contributed by atoms with Crippen molar-refractivity contribution in [2.24, 2.45) is 0 Å². The zero-order chi connectivity index (χ0) is 19.9. The molecule has 0 atom stereocenters. The Morgan fingerprint density at radius 2 is 1.64 bits per heavy atom. The van der Waals surface area contributed by atoms with E-state index in [4.69, 9.17) is 0 Å². The second kappa shape index (κ2) is 9.18. The topological polar surface area (TPSA) is 58.2 Å². The van der Waals surface area contributed by atoms with Gasteiger partial charge in [-0.25, -0.2) is 0 Å². The number of nitrogens with one attached hydrogen (secondary N) is 2. The van der Waals surface area contributed by atoms with Gasteiger partial charge in [-0.3, -0.25) is 9.59 Å². The summed E-state index contributed by atoms with van der Waals surface area (Å²) in [4.78, 5) is 24.3. The molecule has 0 spiro atoms. The fourth-order valence-corrected chi connectivity index (χ4v) is 3.29. The fourth-order valence-electron chi connectivity index (χ4n) is 3.29. The Balaban J connectivity index is 1.41. The maximum Gasteiger partial charge on any atom is 0.251 e. The quantitative estimate of drug-likeness (QED) is 0.616. The second-order valence-electron chi connectivity index (χ2n) is 7.13. The molecule has 0 aliphatic carbocycles. The predicted octanol–water partition coefficient (Wildman–Crippen LogP) is 3.94. The lowest BCUT2D eigenvalue weighted by molar-refractivity contribution is -0.120. The summed E-state index contributed by atoms with van der Waals surface area (Å²) in [6, 6.07) is 19.8. The molecule has 4 nitrogen and oxygen atoms in total. The fraction of sp³-hybridized carbons (Fsp3) is 0.250. The van der Waals surface area contributed by atoms with Crippen molar-refractivity contribution < 1.29 is 9.59 Å². The zero-order valence-corrected chi connectivity index (χ0v) is 16.4. The van der Waals surface area contributed by atoms with Gasteiger partial charge < -0.3 is 10.6 Å². The lowest BCUT2D eigenvalue weighted by Crippen LogP contribution is -2.37. The van der Waals surface area contributed by atoms with Gasteiger partial charge in [0.2, 0.25) is 5.91 Å². The van der Waals surface area contributed by atoms with E-state index in [2.05, 4.69) is 42.7 Å². The summed E-state index contributed by atoms with van der Waals surface area (Å²) in [5.41, 5.74) is 4.41. The van der Waals surface area contributed by atoms with Crippen LogP contribution >= 0.6 is 0 Å². The SMILES string of the molecule is Cc1ccc(CCCNC(=O)CNC(=O)c2ccc3ccccc3c2)c(C)c1. The third-order valence-corrected chi connectivity index (χ3v) is 4.86. The largest absolute Gasteiger partial charge is 0.355 e. The number of carbonyl (C=O) groups excluding carboxylic acids is 2. The number of fused-ring (bicyclic) bond motifs is 1. The molecule has 0 saturated heterocycles. The van der Waals surface area contributed by atoms with Crippen molar-refractivity contribution in [3.8, 4) is 0 Å². The van der Waals surface area contributed by atoms with Gasteiger partial charge in [-0.2, -0.15) is 0 Å². The molecule has 0 saturated carbocycles. The molecule has 144 valence electrons. The first-order valence-electron chi connectivity index (χ1n) is 9.63. The molecule has 2 N–H and O–H groups in total. The maximum atomic E-state index is 12.3. The van der Waals surface area contributed by atoms with E-state index < -0.39 is 0 Å². The van der Waals surface area contributed by atoms with Crippen molar-refractivity contribution in [1.82, 2.24) is 10.6 Å². The Bertz CT molecular complexity index is 995. The van der Waals surface area contributed by atoms with Gasteiger partial charge in [0.25, 0.3) is 5.91 Å². The lowest BCUT2D eigenvalue weighted by atomic mass is 10.0. The van der Waals surface area contributed by atoms with Crippen LogP contribution in [0.25, 0.3) is 10.8 Å². The van der Waals surface area contributed by atoms with E-state index in [1.165, 1.54) is 16.7 Å². The van der Waals surface area contributed by atoms with Gasteiger partial charge in [-0.15, -0.1) is 0 Å². The highest BCUT2D eigenvalue weighted by Gasteiger charge is 2.08. The summed E-state index contributed by atoms with van der Waals surface area (Å²) >= 11 is 0. The Morgan fingerprint density at radius 1 is 0.857 bits per heavy atom. The van der Waals surface area contributed by atoms with E-state index in [1.807, 2.05) is 36.4 Å². The van der Waals surface area contributed by atoms with Crippen molar-refractivity contribution in [1.29, 1.82) is 0 Å². The highest BCUT2D eigenvalue weighted by molar-refractivity contribution is 5.99. The third kappa shape index (κ3) is 5.19. The summed E-state index contributed by atoms with van der Waals surface area (Å²) in [5, 5.41) is 7.64. The minimum Gasteiger partial charge on any atom is -0.355 e. The maximum absolute atomic E-state index is 12.3. The Kier molecular flexibility index (Phi) is 6.43. The zero-order valence-electron chi connectivity index (χ0n) is 16.4. The van der Waals surface area contributed by atoms with E-state index in [0.29, 0.717) is 12.1 Å². The van der Waals surface area contributed by atoms with E-state index in [0.717, 1.165) is 23.6 Å². The Morgan fingerprint density at radius 3 is 2.43 bits per heavy atom. The van der Waals surface area contributed by atoms with Crippen LogP contribution in [0.1, 0.15) is 33.5 Å². The summed E-state index contributed by atoms with van der Waals surface area (Å²) in [5.74, 6) is -0.411. The van der Waals surface area contributed by atoms with E-state index >= 15 is 0 Å². The number of aryl methyl sites for hydroxylation is 3. The van der Waals surface area contributed by atoms with Gasteiger partial charge >= 0.3 is 0 Å². The molecule has 28 heavy (non-hydrogen) atoms. The van der Waals surface area contributed by atoms with Gasteiger partial charge in [0.05, 0.1) is 6.54 Å². The second-order valence-corrected chi connectivity index (χ2v) is 7.13. The molecule has 0 bridgehead atoms. The monoisotopic (exact) mass is 374 g/mol. The molecular formula is C24H26N2O2. The average molecular weight is 374 g/mol. The van der Waals surface area contributed by atoms with Crippen LogP contribution in [0.5, 0.6) is 0 Å². The summed E-state index contributed by atoms with van der Waals surface area (Å²) in [7, 11) is 0. The molecule has 0 aliphatic rings. The first kappa shape index (κ1) is 19.6. The van der Waals surface area contributed by atoms with Crippen LogP contribution in [0, 0.1) is 13.8 Å². The smallest absolute Gasteiger partial charge is 0.251 e. The van der Waals surface area contributed by atoms with Crippen LogP contribution in [0.3, 0.4) is 0 Å². The third-order valence-electron chi connectivity index (χ3n) is 4.86. The first-order chi connectivity index (χ1) is 13.5. The van der Waals surface area contributed by atoms with Crippen LogP contribution in [-0.2, 0) is 11.2 Å². The molecule has 0 aromatic heterocycles. The van der Waals surface area contributed by atoms with Crippen molar-refractivity contribution in [2.75, 3.05) is 13.1 Å². The molecule has 3 aromatic rings. The Hall–Kier alpha value is -3.14. The van der Waals surface area contributed by atoms with E-state index in [-0.39, 0.29) is 18.4 Å². The van der Waals surface area contributed by atoms with Crippen molar-refractivity contribution in [3.63, 3.8) is 0 Å². The number of hydrogen-bond acceptors (Lipinski definition) is 2. The minimum absolute atomic E-state index is 0.0186. The van der Waals surface area contributed by atoms with E-state index in [9.17, 15) is 9.59 Å². The van der Waals surface area contributed by atoms with Gasteiger partial charge in [0.15, 0.2) is 0 Å². The molecule has 0 fully saturated rings. The first-order valence-corrected chi connectivity index (χ1v) is 9.63. The number of benzene rings is 3. The van der Waals surface area contributed by atoms with E-state index in [1.54, 1.807) is 6.07 Å². The van der Waals surface area contributed by atoms with Gasteiger partial charge in [-0.1, -0.05) is 54.1 Å². The number of carbonyl (C=O) groups is 2. The van der Waals surface area contributed by atoms with Crippen LogP contribution < -0.4 is 10.6 Å². The molecule has 2 amide bonds. The van der Waals surface area contributed by atoms with Crippen LogP contribution in [0.2, 0.25) is 0 Å². The normalized spacial score (nSPS) is 10.6. The van der Waals surface area contributed by atoms with Crippen LogP contribution in [0.15, 0.2) is 60.7 Å². The highest BCUT2D eigenvalue weighted by Crippen LogP contribution is 2.15. The molecule has 3 aromatic carbocycles. The van der Waals surface area contributed by atoms with Gasteiger partial charge in [0.1, 0.15) is 0 Å². The number of amides is 2. The molecule has 0 aliphatic heterocycles. The molecule has 0 unspecified atom stereocenters. The lowest BCUT2D eigenvalue weighted by Gasteiger charge is -2.09. The van der Waals surface area contributed by atoms with Crippen LogP contribution in [0.4, 0.5) is 0 Å². The number of rotatable bonds is 7. The van der Waals surface area contributed by atoms with Crippen molar-refractivity contribution in [2.45, 2.75) is 26.7 Å². The summed E-state index contributed by atoms with van der Waals surface area (Å²) < 4.78 is 0. The van der Waals surface area contributed by atoms with Gasteiger partial charge in [0, 0.05) is 12.1 Å². The highest BCUT2D eigenvalue weighted by atomic mass is 16.2. The standard InChI is InChI=1S/C24H26N2O2/c1-17-9-10-19(18(2)14-17)8-5-13-25-23(27)16-26-24(28)22-12-11-20-6-3-4-7-21(20)15-22/h3-4,6-7,9-12,14-15H,5,8,13,16H2,1-2H3,(H,25,27)(H,26,28). The average Bonchev–Trinajstić information content (AvgIpc) is 2.70. The van der Waals surface area contributed by atoms with Crippen molar-refractivity contribution >= 4 is 22.6 Å². The minimum atomic E-state index is -0.240. The Labute approximate surface area is 166 Å². The van der Waals surface area contributed by atoms with Crippen molar-refractivity contribution in [3.05, 3.63) is 82.9 Å². The molecule has 0 radical (unpaired) electrons. The molecule has 0 heterocycles. The van der Waals surface area contributed by atoms with Crippen LogP contribution in [-0.4, -0.2) is 24.9 Å². The molecule has 3 rings (SSSR count). The predicted molar refractivity (Wildman–Crippen MR) is 114 cm³/mol.